The van der Waals surface area contributed by atoms with E-state index in [1.54, 1.807) is 11.1 Å². The highest BCUT2D eigenvalue weighted by atomic mass is 19.3. The van der Waals surface area contributed by atoms with Crippen molar-refractivity contribution in [3.63, 3.8) is 0 Å². The van der Waals surface area contributed by atoms with Crippen LogP contribution < -0.4 is 10.6 Å². The van der Waals surface area contributed by atoms with Crippen LogP contribution in [0.5, 0.6) is 0 Å². The van der Waals surface area contributed by atoms with Gasteiger partial charge in [-0.3, -0.25) is 10.2 Å². The minimum atomic E-state index is -2.56. The fourth-order valence-corrected chi connectivity index (χ4v) is 2.44. The average Bonchev–Trinajstić information content (AvgIpc) is 2.69. The third kappa shape index (κ3) is 1.98. The van der Waals surface area contributed by atoms with Gasteiger partial charge in [0.2, 0.25) is 0 Å². The van der Waals surface area contributed by atoms with E-state index in [1.165, 1.54) is 0 Å². The second-order valence-corrected chi connectivity index (χ2v) is 4.48. The van der Waals surface area contributed by atoms with Crippen molar-refractivity contribution in [2.24, 2.45) is 0 Å². The Morgan fingerprint density at radius 3 is 3.12 bits per heavy atom. The largest absolute Gasteiger partial charge is 0.357 e. The molecular formula is C11H14F2N4. The number of anilines is 1. The summed E-state index contributed by atoms with van der Waals surface area (Å²) in [5.41, 5.74) is 0.941. The number of nitrogens with zero attached hydrogens (tertiary/aromatic N) is 2. The van der Waals surface area contributed by atoms with Crippen molar-refractivity contribution >= 4 is 5.82 Å². The van der Waals surface area contributed by atoms with E-state index in [0.29, 0.717) is 13.2 Å². The van der Waals surface area contributed by atoms with Crippen LogP contribution >= 0.6 is 0 Å². The fourth-order valence-electron chi connectivity index (χ4n) is 2.44. The summed E-state index contributed by atoms with van der Waals surface area (Å²) >= 11 is 0. The lowest BCUT2D eigenvalue weighted by Crippen LogP contribution is -2.43. The molecule has 92 valence electrons. The Bertz CT molecular complexity index is 424. The number of nitrogens with one attached hydrogen (secondary N) is 2. The number of hydrogen-bond acceptors (Lipinski definition) is 4. The van der Waals surface area contributed by atoms with Crippen molar-refractivity contribution in [1.29, 1.82) is 0 Å². The van der Waals surface area contributed by atoms with Crippen molar-refractivity contribution < 1.29 is 8.78 Å². The van der Waals surface area contributed by atoms with Gasteiger partial charge in [0.1, 0.15) is 5.82 Å². The molecule has 2 aliphatic rings. The highest BCUT2D eigenvalue weighted by Gasteiger charge is 2.42. The highest BCUT2D eigenvalue weighted by Crippen LogP contribution is 2.34. The zero-order valence-electron chi connectivity index (χ0n) is 9.29. The molecule has 2 aliphatic heterocycles. The Labute approximate surface area is 98.0 Å². The van der Waals surface area contributed by atoms with Crippen LogP contribution in [0.1, 0.15) is 18.2 Å². The Morgan fingerprint density at radius 1 is 1.47 bits per heavy atom. The van der Waals surface area contributed by atoms with Gasteiger partial charge < -0.3 is 5.32 Å². The molecule has 0 bridgehead atoms. The van der Waals surface area contributed by atoms with Gasteiger partial charge >= 0.3 is 0 Å². The van der Waals surface area contributed by atoms with Crippen LogP contribution in [0.4, 0.5) is 14.6 Å². The second-order valence-electron chi connectivity index (χ2n) is 4.48. The molecule has 3 heterocycles. The Balaban J connectivity index is 1.86. The van der Waals surface area contributed by atoms with Crippen LogP contribution in [-0.4, -0.2) is 35.6 Å². The van der Waals surface area contributed by atoms with E-state index in [2.05, 4.69) is 15.6 Å². The number of aromatic nitrogens is 1. The van der Waals surface area contributed by atoms with Crippen LogP contribution in [-0.2, 0) is 0 Å². The number of hydrogen-bond donors (Lipinski definition) is 2. The molecule has 1 saturated heterocycles. The van der Waals surface area contributed by atoms with E-state index < -0.39 is 5.92 Å². The van der Waals surface area contributed by atoms with Crippen LogP contribution in [0, 0.1) is 0 Å². The summed E-state index contributed by atoms with van der Waals surface area (Å²) in [5.74, 6) is -1.78. The summed E-state index contributed by atoms with van der Waals surface area (Å²) in [6, 6.07) is 3.75. The normalized spacial score (nSPS) is 27.5. The topological polar surface area (TPSA) is 40.2 Å². The van der Waals surface area contributed by atoms with Crippen LogP contribution in [0.25, 0.3) is 0 Å². The van der Waals surface area contributed by atoms with Crippen LogP contribution in [0.3, 0.4) is 0 Å². The third-order valence-corrected chi connectivity index (χ3v) is 3.25. The van der Waals surface area contributed by atoms with E-state index in [-0.39, 0.29) is 19.1 Å². The van der Waals surface area contributed by atoms with E-state index in [0.717, 1.165) is 11.4 Å². The summed E-state index contributed by atoms with van der Waals surface area (Å²) in [4.78, 5) is 5.99. The standard InChI is InChI=1S/C11H14F2N4/c12-11(13)3-5-17(6-11)10-8-2-1-4-14-9(8)15-7-16-10/h1-2,4,10,16H,3,5-7H2,(H,14,15). The van der Waals surface area contributed by atoms with Crippen molar-refractivity contribution in [1.82, 2.24) is 15.2 Å². The molecule has 1 aromatic heterocycles. The van der Waals surface area contributed by atoms with E-state index in [1.807, 2.05) is 12.1 Å². The van der Waals surface area contributed by atoms with Crippen molar-refractivity contribution in [2.45, 2.75) is 18.5 Å². The van der Waals surface area contributed by atoms with Gasteiger partial charge in [0.05, 0.1) is 19.4 Å². The van der Waals surface area contributed by atoms with E-state index in [4.69, 9.17) is 0 Å². The lowest BCUT2D eigenvalue weighted by Gasteiger charge is -2.33. The zero-order valence-corrected chi connectivity index (χ0v) is 9.29. The molecule has 6 heteroatoms. The monoisotopic (exact) mass is 240 g/mol. The average molecular weight is 240 g/mol. The minimum absolute atomic E-state index is 0.0613. The van der Waals surface area contributed by atoms with Gasteiger partial charge in [-0.25, -0.2) is 13.8 Å². The molecule has 1 fully saturated rings. The zero-order chi connectivity index (χ0) is 11.9. The Hall–Kier alpha value is -1.27. The van der Waals surface area contributed by atoms with Gasteiger partial charge in [0.25, 0.3) is 5.92 Å². The van der Waals surface area contributed by atoms with Gasteiger partial charge in [-0.05, 0) is 6.07 Å². The van der Waals surface area contributed by atoms with Gasteiger partial charge in [-0.2, -0.15) is 0 Å². The molecule has 0 aromatic carbocycles. The fraction of sp³-hybridized carbons (Fsp3) is 0.545. The van der Waals surface area contributed by atoms with Crippen molar-refractivity contribution in [2.75, 3.05) is 25.1 Å². The van der Waals surface area contributed by atoms with Crippen molar-refractivity contribution in [3.8, 4) is 0 Å². The molecule has 0 aliphatic carbocycles. The van der Waals surface area contributed by atoms with Crippen molar-refractivity contribution in [3.05, 3.63) is 23.9 Å². The summed E-state index contributed by atoms with van der Waals surface area (Å²) < 4.78 is 26.4. The first-order valence-electron chi connectivity index (χ1n) is 5.70. The maximum Gasteiger partial charge on any atom is 0.261 e. The number of rotatable bonds is 1. The molecule has 3 rings (SSSR count). The van der Waals surface area contributed by atoms with Crippen LogP contribution in [0.2, 0.25) is 0 Å². The molecule has 0 saturated carbocycles. The molecule has 1 atom stereocenters. The van der Waals surface area contributed by atoms with Gasteiger partial charge in [0, 0.05) is 24.7 Å². The molecule has 17 heavy (non-hydrogen) atoms. The predicted octanol–water partition coefficient (Wildman–Crippen LogP) is 1.39. The maximum atomic E-state index is 13.2. The highest BCUT2D eigenvalue weighted by molar-refractivity contribution is 5.47. The number of pyridine rings is 1. The predicted molar refractivity (Wildman–Crippen MR) is 59.7 cm³/mol. The molecule has 2 N–H and O–H groups in total. The lowest BCUT2D eigenvalue weighted by molar-refractivity contribution is 0.00533. The molecular weight excluding hydrogens is 226 g/mol. The van der Waals surface area contributed by atoms with E-state index in [9.17, 15) is 8.78 Å². The molecule has 0 spiro atoms. The molecule has 0 amide bonds. The number of fused-ring (bicyclic) bond motifs is 1. The summed E-state index contributed by atoms with van der Waals surface area (Å²) in [6.07, 6.45) is 1.48. The van der Waals surface area contributed by atoms with Gasteiger partial charge in [-0.1, -0.05) is 6.07 Å². The molecule has 0 radical (unpaired) electrons. The first kappa shape index (κ1) is 10.9. The maximum absolute atomic E-state index is 13.2. The summed E-state index contributed by atoms with van der Waals surface area (Å²) in [5, 5.41) is 6.30. The molecule has 4 nitrogen and oxygen atoms in total. The number of likely N-dealkylation sites (tertiary alicyclic amines) is 1. The smallest absolute Gasteiger partial charge is 0.261 e. The summed E-state index contributed by atoms with van der Waals surface area (Å²) in [6.45, 7) is 0.786. The first-order valence-corrected chi connectivity index (χ1v) is 5.70. The summed E-state index contributed by atoms with van der Waals surface area (Å²) in [7, 11) is 0. The van der Waals surface area contributed by atoms with Gasteiger partial charge in [-0.15, -0.1) is 0 Å². The lowest BCUT2D eigenvalue weighted by atomic mass is 10.1. The molecule has 1 aromatic rings. The first-order chi connectivity index (χ1) is 8.16. The quantitative estimate of drug-likeness (QED) is 0.778. The second kappa shape index (κ2) is 3.89. The van der Waals surface area contributed by atoms with E-state index >= 15 is 0 Å². The number of alkyl halides is 2. The Morgan fingerprint density at radius 2 is 2.35 bits per heavy atom. The minimum Gasteiger partial charge on any atom is -0.357 e. The molecule has 1 unspecified atom stereocenters. The number of halogens is 2. The SMILES string of the molecule is FC1(F)CCN(C2NCNc3ncccc32)C1. The van der Waals surface area contributed by atoms with Gasteiger partial charge in [0.15, 0.2) is 0 Å². The third-order valence-electron chi connectivity index (χ3n) is 3.25. The van der Waals surface area contributed by atoms with Crippen LogP contribution in [0.15, 0.2) is 18.3 Å². The Kier molecular flexibility index (Phi) is 2.48.